The molecule has 0 spiro atoms. The van der Waals surface area contributed by atoms with Crippen LogP contribution in [-0.2, 0) is 4.79 Å². The Kier molecular flexibility index (Phi) is 7.29. The SMILES string of the molecule is CCOc1cc(C=C2SC(=O)NC2=O)cc(Cl)c1OCCOc1ccc(C)cc1C. The molecule has 0 atom stereocenters. The summed E-state index contributed by atoms with van der Waals surface area (Å²) in [7, 11) is 0. The van der Waals surface area contributed by atoms with Gasteiger partial charge in [0, 0.05) is 0 Å². The number of imide groups is 1. The van der Waals surface area contributed by atoms with Crippen LogP contribution in [0, 0.1) is 13.8 Å². The Bertz CT molecular complexity index is 1010. The Labute approximate surface area is 184 Å². The molecule has 2 aromatic carbocycles. The first-order valence-corrected chi connectivity index (χ1v) is 10.6. The van der Waals surface area contributed by atoms with Gasteiger partial charge in [0.2, 0.25) is 0 Å². The van der Waals surface area contributed by atoms with E-state index in [0.29, 0.717) is 40.2 Å². The highest BCUT2D eigenvalue weighted by atomic mass is 35.5. The van der Waals surface area contributed by atoms with Crippen molar-refractivity contribution in [3.05, 3.63) is 56.9 Å². The molecule has 1 fully saturated rings. The van der Waals surface area contributed by atoms with Gasteiger partial charge in [-0.2, -0.15) is 0 Å². The summed E-state index contributed by atoms with van der Waals surface area (Å²) >= 11 is 7.25. The zero-order valence-corrected chi connectivity index (χ0v) is 18.5. The van der Waals surface area contributed by atoms with Crippen LogP contribution < -0.4 is 19.5 Å². The van der Waals surface area contributed by atoms with Gasteiger partial charge in [0.15, 0.2) is 11.5 Å². The van der Waals surface area contributed by atoms with Crippen LogP contribution in [0.5, 0.6) is 17.2 Å². The van der Waals surface area contributed by atoms with Gasteiger partial charge in [0.05, 0.1) is 16.5 Å². The summed E-state index contributed by atoms with van der Waals surface area (Å²) in [6, 6.07) is 9.38. The van der Waals surface area contributed by atoms with Gasteiger partial charge in [-0.1, -0.05) is 29.3 Å². The normalized spacial score (nSPS) is 14.7. The van der Waals surface area contributed by atoms with E-state index >= 15 is 0 Å². The van der Waals surface area contributed by atoms with Gasteiger partial charge >= 0.3 is 0 Å². The van der Waals surface area contributed by atoms with Crippen molar-refractivity contribution in [1.29, 1.82) is 0 Å². The fraction of sp³-hybridized carbons (Fsp3) is 0.273. The number of aryl methyl sites for hydroxylation is 2. The molecule has 0 bridgehead atoms. The second kappa shape index (κ2) is 9.91. The summed E-state index contributed by atoms with van der Waals surface area (Å²) in [6.45, 7) is 6.92. The lowest BCUT2D eigenvalue weighted by Gasteiger charge is -2.15. The predicted molar refractivity (Wildman–Crippen MR) is 119 cm³/mol. The molecular weight excluding hydrogens is 426 g/mol. The highest BCUT2D eigenvalue weighted by molar-refractivity contribution is 8.18. The van der Waals surface area contributed by atoms with Crippen LogP contribution in [-0.4, -0.2) is 31.0 Å². The molecular formula is C22H22ClNO5S. The topological polar surface area (TPSA) is 73.9 Å². The number of carbonyl (C=O) groups is 2. The summed E-state index contributed by atoms with van der Waals surface area (Å²) in [5.74, 6) is 1.25. The predicted octanol–water partition coefficient (Wildman–Crippen LogP) is 5.14. The van der Waals surface area contributed by atoms with E-state index in [1.54, 1.807) is 18.2 Å². The molecule has 1 heterocycles. The molecule has 1 saturated heterocycles. The summed E-state index contributed by atoms with van der Waals surface area (Å²) in [4.78, 5) is 23.4. The van der Waals surface area contributed by atoms with Crippen LogP contribution in [0.25, 0.3) is 6.08 Å². The first-order valence-electron chi connectivity index (χ1n) is 9.41. The lowest BCUT2D eigenvalue weighted by Crippen LogP contribution is -2.17. The van der Waals surface area contributed by atoms with E-state index in [4.69, 9.17) is 25.8 Å². The molecule has 0 saturated carbocycles. The molecule has 1 aliphatic heterocycles. The van der Waals surface area contributed by atoms with Gasteiger partial charge in [0.25, 0.3) is 11.1 Å². The average Bonchev–Trinajstić information content (AvgIpc) is 2.99. The zero-order valence-electron chi connectivity index (χ0n) is 16.9. The average molecular weight is 448 g/mol. The lowest BCUT2D eigenvalue weighted by molar-refractivity contribution is -0.115. The minimum Gasteiger partial charge on any atom is -0.490 e. The smallest absolute Gasteiger partial charge is 0.290 e. The molecule has 30 heavy (non-hydrogen) atoms. The van der Waals surface area contributed by atoms with E-state index in [1.807, 2.05) is 32.9 Å². The summed E-state index contributed by atoms with van der Waals surface area (Å²) in [5.41, 5.74) is 2.87. The van der Waals surface area contributed by atoms with Crippen LogP contribution >= 0.6 is 23.4 Å². The second-order valence-corrected chi connectivity index (χ2v) is 8.00. The maximum absolute atomic E-state index is 11.8. The van der Waals surface area contributed by atoms with Crippen molar-refractivity contribution in [2.45, 2.75) is 20.8 Å². The molecule has 8 heteroatoms. The Morgan fingerprint density at radius 1 is 1.03 bits per heavy atom. The molecule has 6 nitrogen and oxygen atoms in total. The molecule has 2 amide bonds. The number of amides is 2. The summed E-state index contributed by atoms with van der Waals surface area (Å²) in [5, 5.41) is 2.17. The van der Waals surface area contributed by atoms with E-state index in [-0.39, 0.29) is 6.61 Å². The fourth-order valence-corrected chi connectivity index (χ4v) is 3.86. The van der Waals surface area contributed by atoms with Crippen LogP contribution in [0.1, 0.15) is 23.6 Å². The van der Waals surface area contributed by atoms with Crippen molar-refractivity contribution in [3.8, 4) is 17.2 Å². The largest absolute Gasteiger partial charge is 0.490 e. The Morgan fingerprint density at radius 3 is 2.47 bits per heavy atom. The monoisotopic (exact) mass is 447 g/mol. The zero-order chi connectivity index (χ0) is 21.7. The van der Waals surface area contributed by atoms with Gasteiger partial charge < -0.3 is 14.2 Å². The molecule has 0 radical (unpaired) electrons. The Morgan fingerprint density at radius 2 is 1.80 bits per heavy atom. The fourth-order valence-electron chi connectivity index (χ4n) is 2.90. The van der Waals surface area contributed by atoms with Gasteiger partial charge in [0.1, 0.15) is 19.0 Å². The molecule has 0 aromatic heterocycles. The number of hydrogen-bond donors (Lipinski definition) is 1. The summed E-state index contributed by atoms with van der Waals surface area (Å²) in [6.07, 6.45) is 1.59. The third-order valence-electron chi connectivity index (χ3n) is 4.19. The molecule has 0 aliphatic carbocycles. The molecule has 2 aromatic rings. The van der Waals surface area contributed by atoms with E-state index in [0.717, 1.165) is 23.1 Å². The Balaban J connectivity index is 1.70. The quantitative estimate of drug-likeness (QED) is 0.446. The number of nitrogens with one attached hydrogen (secondary N) is 1. The van der Waals surface area contributed by atoms with Crippen molar-refractivity contribution < 1.29 is 23.8 Å². The van der Waals surface area contributed by atoms with E-state index in [1.165, 1.54) is 5.56 Å². The maximum atomic E-state index is 11.8. The lowest BCUT2D eigenvalue weighted by atomic mass is 10.1. The van der Waals surface area contributed by atoms with Crippen molar-refractivity contribution in [2.75, 3.05) is 19.8 Å². The van der Waals surface area contributed by atoms with Crippen molar-refractivity contribution in [3.63, 3.8) is 0 Å². The van der Waals surface area contributed by atoms with Gasteiger partial charge in [-0.05, 0) is 67.9 Å². The van der Waals surface area contributed by atoms with Crippen LogP contribution in [0.3, 0.4) is 0 Å². The number of benzene rings is 2. The van der Waals surface area contributed by atoms with E-state index < -0.39 is 11.1 Å². The number of thioether (sulfide) groups is 1. The van der Waals surface area contributed by atoms with Crippen molar-refractivity contribution in [1.82, 2.24) is 5.32 Å². The second-order valence-electron chi connectivity index (χ2n) is 6.58. The van der Waals surface area contributed by atoms with Gasteiger partial charge in [-0.25, -0.2) is 0 Å². The van der Waals surface area contributed by atoms with Crippen molar-refractivity contribution in [2.24, 2.45) is 0 Å². The molecule has 0 unspecified atom stereocenters. The number of rotatable bonds is 8. The van der Waals surface area contributed by atoms with Crippen LogP contribution in [0.15, 0.2) is 35.2 Å². The number of halogens is 1. The third kappa shape index (κ3) is 5.49. The van der Waals surface area contributed by atoms with E-state index in [2.05, 4.69) is 11.4 Å². The first-order chi connectivity index (χ1) is 14.4. The van der Waals surface area contributed by atoms with Gasteiger partial charge in [-0.3, -0.25) is 14.9 Å². The standard InChI is InChI=1S/C22H22ClNO5S/c1-4-27-18-11-15(12-19-21(25)24-22(26)30-19)10-16(23)20(18)29-8-7-28-17-6-5-13(2)9-14(17)3/h5-6,9-12H,4,7-8H2,1-3H3,(H,24,25,26). The number of ether oxygens (including phenoxy) is 3. The maximum Gasteiger partial charge on any atom is 0.290 e. The third-order valence-corrected chi connectivity index (χ3v) is 5.28. The first kappa shape index (κ1) is 22.1. The Hall–Kier alpha value is -2.64. The molecule has 1 aliphatic rings. The number of hydrogen-bond acceptors (Lipinski definition) is 6. The van der Waals surface area contributed by atoms with Crippen LogP contribution in [0.4, 0.5) is 4.79 Å². The highest BCUT2D eigenvalue weighted by Gasteiger charge is 2.25. The highest BCUT2D eigenvalue weighted by Crippen LogP contribution is 2.38. The van der Waals surface area contributed by atoms with Crippen molar-refractivity contribution >= 4 is 40.6 Å². The van der Waals surface area contributed by atoms with Gasteiger partial charge in [-0.15, -0.1) is 0 Å². The summed E-state index contributed by atoms with van der Waals surface area (Å²) < 4.78 is 17.3. The van der Waals surface area contributed by atoms with E-state index in [9.17, 15) is 9.59 Å². The van der Waals surface area contributed by atoms with Crippen LogP contribution in [0.2, 0.25) is 5.02 Å². The number of carbonyl (C=O) groups excluding carboxylic acids is 2. The molecule has 158 valence electrons. The minimum absolute atomic E-state index is 0.278. The minimum atomic E-state index is -0.428. The molecule has 3 rings (SSSR count). The molecule has 1 N–H and O–H groups in total.